The fourth-order valence-corrected chi connectivity index (χ4v) is 6.33. The Labute approximate surface area is 143 Å². The number of carboxylic acid groups (broad SMARTS) is 1. The number of carboxylic acids is 1. The zero-order valence-corrected chi connectivity index (χ0v) is 14.8. The molecule has 0 aromatic rings. The molecule has 0 radical (unpaired) electrons. The van der Waals surface area contributed by atoms with Gasteiger partial charge in [-0.25, -0.2) is 0 Å². The number of aliphatic carboxylic acids is 1. The fourth-order valence-electron chi connectivity index (χ4n) is 6.33. The van der Waals surface area contributed by atoms with Crippen LogP contribution in [0.4, 0.5) is 0 Å². The number of hydrogen-bond donors (Lipinski definition) is 1. The smallest absolute Gasteiger partial charge is 0.307 e. The number of piperidine rings is 1. The number of allylic oxidation sites excluding steroid dienone is 4. The van der Waals surface area contributed by atoms with E-state index in [0.29, 0.717) is 18.3 Å². The van der Waals surface area contributed by atoms with Crippen molar-refractivity contribution in [1.29, 1.82) is 0 Å². The van der Waals surface area contributed by atoms with Gasteiger partial charge < -0.3 is 10.0 Å². The summed E-state index contributed by atoms with van der Waals surface area (Å²) in [5.74, 6) is 0.218. The van der Waals surface area contributed by atoms with E-state index in [0.717, 1.165) is 37.8 Å². The van der Waals surface area contributed by atoms with E-state index in [-0.39, 0.29) is 22.7 Å². The molecule has 24 heavy (non-hydrogen) atoms. The highest BCUT2D eigenvalue weighted by Gasteiger charge is 2.58. The van der Waals surface area contributed by atoms with Gasteiger partial charge in [0, 0.05) is 24.6 Å². The summed E-state index contributed by atoms with van der Waals surface area (Å²) in [4.78, 5) is 25.7. The Kier molecular flexibility index (Phi) is 3.29. The van der Waals surface area contributed by atoms with Crippen LogP contribution in [0, 0.1) is 28.6 Å². The molecule has 2 saturated carbocycles. The SMILES string of the molecule is CN1C(=O)CC[C@@]2(C)C1=CC=C1[C@@H]3CC[C@H](C(=O)O)[C@@]3(C)CC[C@@H]12. The standard InChI is InChI=1S/C20H27NO3/c1-19-10-8-14-12(13(19)5-6-15(19)18(23)24)4-7-16-20(14,2)11-9-17(22)21(16)3/h4,7,13-15H,5-6,8-11H2,1-3H3,(H,23,24)/t13-,14-,15+,19-,20+/m0/s1. The van der Waals surface area contributed by atoms with E-state index in [4.69, 9.17) is 0 Å². The Morgan fingerprint density at radius 1 is 1.17 bits per heavy atom. The molecule has 1 aliphatic heterocycles. The van der Waals surface area contributed by atoms with Crippen LogP contribution in [-0.2, 0) is 9.59 Å². The van der Waals surface area contributed by atoms with E-state index in [9.17, 15) is 14.7 Å². The molecule has 0 unspecified atom stereocenters. The number of amides is 1. The minimum atomic E-state index is -0.625. The lowest BCUT2D eigenvalue weighted by Gasteiger charge is -2.55. The summed E-state index contributed by atoms with van der Waals surface area (Å²) >= 11 is 0. The first-order chi connectivity index (χ1) is 11.3. The summed E-state index contributed by atoms with van der Waals surface area (Å²) in [5.41, 5.74) is 2.53. The molecule has 0 aromatic heterocycles. The van der Waals surface area contributed by atoms with Crippen molar-refractivity contribution in [3.63, 3.8) is 0 Å². The van der Waals surface area contributed by atoms with Crippen LogP contribution in [0.15, 0.2) is 23.4 Å². The summed E-state index contributed by atoms with van der Waals surface area (Å²) in [5, 5.41) is 9.64. The molecule has 4 aliphatic rings. The third-order valence-electron chi connectivity index (χ3n) is 7.79. The molecule has 1 saturated heterocycles. The molecule has 4 rings (SSSR count). The van der Waals surface area contributed by atoms with Gasteiger partial charge in [-0.05, 0) is 55.4 Å². The van der Waals surface area contributed by atoms with Crippen molar-refractivity contribution < 1.29 is 14.7 Å². The third kappa shape index (κ3) is 1.86. The largest absolute Gasteiger partial charge is 0.481 e. The first-order valence-electron chi connectivity index (χ1n) is 9.20. The predicted molar refractivity (Wildman–Crippen MR) is 91.0 cm³/mol. The van der Waals surface area contributed by atoms with Gasteiger partial charge in [-0.15, -0.1) is 0 Å². The van der Waals surface area contributed by atoms with Gasteiger partial charge >= 0.3 is 5.97 Å². The first-order valence-corrected chi connectivity index (χ1v) is 9.20. The van der Waals surface area contributed by atoms with Crippen LogP contribution < -0.4 is 0 Å². The van der Waals surface area contributed by atoms with Crippen molar-refractivity contribution in [1.82, 2.24) is 4.90 Å². The van der Waals surface area contributed by atoms with Crippen LogP contribution in [0.5, 0.6) is 0 Å². The van der Waals surface area contributed by atoms with E-state index in [1.54, 1.807) is 0 Å². The third-order valence-corrected chi connectivity index (χ3v) is 7.79. The maximum absolute atomic E-state index is 12.1. The summed E-state index contributed by atoms with van der Waals surface area (Å²) in [6.07, 6.45) is 9.71. The van der Waals surface area contributed by atoms with Gasteiger partial charge in [0.05, 0.1) is 5.92 Å². The molecule has 3 fully saturated rings. The summed E-state index contributed by atoms with van der Waals surface area (Å²) in [6.45, 7) is 4.50. The lowest BCUT2D eigenvalue weighted by Crippen LogP contribution is -2.50. The molecule has 1 amide bonds. The molecular weight excluding hydrogens is 302 g/mol. The molecule has 1 heterocycles. The predicted octanol–water partition coefficient (Wildman–Crippen LogP) is 3.60. The van der Waals surface area contributed by atoms with Crippen LogP contribution in [-0.4, -0.2) is 28.9 Å². The molecular formula is C20H27NO3. The van der Waals surface area contributed by atoms with Crippen molar-refractivity contribution in [2.75, 3.05) is 7.05 Å². The van der Waals surface area contributed by atoms with Crippen molar-refractivity contribution in [2.24, 2.45) is 28.6 Å². The second-order valence-corrected chi connectivity index (χ2v) is 8.71. The molecule has 0 spiro atoms. The van der Waals surface area contributed by atoms with Crippen molar-refractivity contribution in [3.05, 3.63) is 23.4 Å². The molecule has 0 bridgehead atoms. The molecule has 0 aromatic carbocycles. The van der Waals surface area contributed by atoms with Gasteiger partial charge in [0.2, 0.25) is 5.91 Å². The Hall–Kier alpha value is -1.58. The van der Waals surface area contributed by atoms with Crippen LogP contribution in [0.1, 0.15) is 52.4 Å². The zero-order chi connectivity index (χ0) is 17.3. The molecule has 3 aliphatic carbocycles. The molecule has 4 nitrogen and oxygen atoms in total. The van der Waals surface area contributed by atoms with E-state index >= 15 is 0 Å². The van der Waals surface area contributed by atoms with Gasteiger partial charge in [0.1, 0.15) is 0 Å². The molecule has 4 heteroatoms. The zero-order valence-electron chi connectivity index (χ0n) is 14.8. The van der Waals surface area contributed by atoms with Crippen LogP contribution in [0.3, 0.4) is 0 Å². The highest BCUT2D eigenvalue weighted by atomic mass is 16.4. The van der Waals surface area contributed by atoms with Crippen LogP contribution in [0.25, 0.3) is 0 Å². The van der Waals surface area contributed by atoms with Crippen LogP contribution in [0.2, 0.25) is 0 Å². The molecule has 5 atom stereocenters. The number of likely N-dealkylation sites (tertiary alicyclic amines) is 1. The Morgan fingerprint density at radius 2 is 1.92 bits per heavy atom. The summed E-state index contributed by atoms with van der Waals surface area (Å²) < 4.78 is 0. The lowest BCUT2D eigenvalue weighted by atomic mass is 9.52. The van der Waals surface area contributed by atoms with Crippen LogP contribution >= 0.6 is 0 Å². The minimum Gasteiger partial charge on any atom is -0.481 e. The maximum atomic E-state index is 12.1. The quantitative estimate of drug-likeness (QED) is 0.800. The first kappa shape index (κ1) is 15.9. The number of carbonyl (C=O) groups is 2. The highest BCUT2D eigenvalue weighted by molar-refractivity contribution is 5.80. The number of fused-ring (bicyclic) bond motifs is 5. The number of rotatable bonds is 1. The van der Waals surface area contributed by atoms with E-state index in [1.807, 2.05) is 11.9 Å². The fraction of sp³-hybridized carbons (Fsp3) is 0.700. The lowest BCUT2D eigenvalue weighted by molar-refractivity contribution is -0.146. The van der Waals surface area contributed by atoms with Crippen molar-refractivity contribution >= 4 is 11.9 Å². The Morgan fingerprint density at radius 3 is 2.62 bits per heavy atom. The van der Waals surface area contributed by atoms with Gasteiger partial charge in [-0.3, -0.25) is 9.59 Å². The Balaban J connectivity index is 1.75. The summed E-state index contributed by atoms with van der Waals surface area (Å²) in [7, 11) is 1.90. The number of nitrogens with zero attached hydrogens (tertiary/aromatic N) is 1. The van der Waals surface area contributed by atoms with Crippen molar-refractivity contribution in [3.8, 4) is 0 Å². The van der Waals surface area contributed by atoms with Gasteiger partial charge in [0.25, 0.3) is 0 Å². The number of carbonyl (C=O) groups excluding carboxylic acids is 1. The van der Waals surface area contributed by atoms with E-state index in [1.165, 1.54) is 5.57 Å². The average molecular weight is 329 g/mol. The minimum absolute atomic E-state index is 0.0232. The average Bonchev–Trinajstić information content (AvgIpc) is 2.89. The van der Waals surface area contributed by atoms with E-state index < -0.39 is 5.97 Å². The van der Waals surface area contributed by atoms with Gasteiger partial charge in [-0.1, -0.05) is 25.5 Å². The Bertz CT molecular complexity index is 678. The highest BCUT2D eigenvalue weighted by Crippen LogP contribution is 2.64. The van der Waals surface area contributed by atoms with Gasteiger partial charge in [-0.2, -0.15) is 0 Å². The maximum Gasteiger partial charge on any atom is 0.307 e. The molecule has 130 valence electrons. The van der Waals surface area contributed by atoms with Crippen molar-refractivity contribution in [2.45, 2.75) is 52.4 Å². The van der Waals surface area contributed by atoms with Gasteiger partial charge in [0.15, 0.2) is 0 Å². The monoisotopic (exact) mass is 329 g/mol. The number of hydrogen-bond acceptors (Lipinski definition) is 2. The second-order valence-electron chi connectivity index (χ2n) is 8.71. The normalized spacial score (nSPS) is 44.2. The van der Waals surface area contributed by atoms with E-state index in [2.05, 4.69) is 26.0 Å². The topological polar surface area (TPSA) is 57.6 Å². The summed E-state index contributed by atoms with van der Waals surface area (Å²) in [6, 6.07) is 0. The molecule has 1 N–H and O–H groups in total. The second kappa shape index (κ2) is 4.96.